The third-order valence-electron chi connectivity index (χ3n) is 3.16. The number of nitriles is 1. The van der Waals surface area contributed by atoms with E-state index in [-0.39, 0.29) is 5.91 Å². The predicted octanol–water partition coefficient (Wildman–Crippen LogP) is 1.46. The van der Waals surface area contributed by atoms with Gasteiger partial charge in [0.1, 0.15) is 11.8 Å². The maximum Gasteiger partial charge on any atom is 0.278 e. The van der Waals surface area contributed by atoms with Crippen LogP contribution in [0.3, 0.4) is 0 Å². The van der Waals surface area contributed by atoms with Gasteiger partial charge in [-0.2, -0.15) is 10.4 Å². The molecule has 1 heterocycles. The Morgan fingerprint density at radius 3 is 2.65 bits per heavy atom. The Morgan fingerprint density at radius 2 is 2.10 bits per heavy atom. The Morgan fingerprint density at radius 1 is 1.45 bits per heavy atom. The first kappa shape index (κ1) is 13.6. The fourth-order valence-electron chi connectivity index (χ4n) is 2.06. The van der Waals surface area contributed by atoms with Crippen molar-refractivity contribution < 1.29 is 4.79 Å². The summed E-state index contributed by atoms with van der Waals surface area (Å²) in [5.41, 5.74) is 8.15. The number of hydrogen-bond donors (Lipinski definition) is 1. The van der Waals surface area contributed by atoms with E-state index in [0.29, 0.717) is 28.3 Å². The van der Waals surface area contributed by atoms with Crippen LogP contribution in [0.4, 0.5) is 11.4 Å². The summed E-state index contributed by atoms with van der Waals surface area (Å²) in [5.74, 6) is -0.298. The first-order valence-corrected chi connectivity index (χ1v) is 6.03. The van der Waals surface area contributed by atoms with Gasteiger partial charge < -0.3 is 10.6 Å². The summed E-state index contributed by atoms with van der Waals surface area (Å²) >= 11 is 0. The summed E-state index contributed by atoms with van der Waals surface area (Å²) in [7, 11) is 3.28. The molecule has 102 valence electrons. The molecule has 0 saturated carbocycles. The lowest BCUT2D eigenvalue weighted by Gasteiger charge is -2.18. The number of nitrogens with two attached hydrogens (primary N) is 1. The van der Waals surface area contributed by atoms with Crippen molar-refractivity contribution in [3.63, 3.8) is 0 Å². The average molecular weight is 269 g/mol. The lowest BCUT2D eigenvalue weighted by molar-refractivity contribution is 0.0985. The smallest absolute Gasteiger partial charge is 0.278 e. The molecule has 0 spiro atoms. The standard InChI is InChI=1S/C14H15N5O/c1-9-12(16)13(19(3)17-9)14(20)18(2)11-7-5-4-6-10(11)8-15/h4-7H,16H2,1-3H3. The summed E-state index contributed by atoms with van der Waals surface area (Å²) in [5, 5.41) is 13.2. The second-order valence-electron chi connectivity index (χ2n) is 4.46. The van der Waals surface area contributed by atoms with Crippen LogP contribution in [-0.2, 0) is 7.05 Å². The normalized spacial score (nSPS) is 10.1. The molecule has 0 atom stereocenters. The van der Waals surface area contributed by atoms with Gasteiger partial charge in [0.2, 0.25) is 0 Å². The first-order valence-electron chi connectivity index (χ1n) is 6.03. The largest absolute Gasteiger partial charge is 0.395 e. The molecule has 6 heteroatoms. The van der Waals surface area contributed by atoms with E-state index >= 15 is 0 Å². The third-order valence-corrected chi connectivity index (χ3v) is 3.16. The zero-order chi connectivity index (χ0) is 14.9. The molecule has 0 bridgehead atoms. The molecule has 1 aromatic carbocycles. The van der Waals surface area contributed by atoms with Gasteiger partial charge >= 0.3 is 0 Å². The van der Waals surface area contributed by atoms with E-state index in [1.165, 1.54) is 9.58 Å². The first-order chi connectivity index (χ1) is 9.47. The maximum atomic E-state index is 12.5. The number of carbonyl (C=O) groups is 1. The molecule has 2 aromatic rings. The molecule has 0 radical (unpaired) electrons. The molecule has 1 aromatic heterocycles. The van der Waals surface area contributed by atoms with Gasteiger partial charge in [-0.1, -0.05) is 12.1 Å². The number of anilines is 2. The highest BCUT2D eigenvalue weighted by molar-refractivity contribution is 6.08. The van der Waals surface area contributed by atoms with Crippen LogP contribution in [0.1, 0.15) is 21.7 Å². The molecular weight excluding hydrogens is 254 g/mol. The minimum Gasteiger partial charge on any atom is -0.395 e. The Kier molecular flexibility index (Phi) is 3.44. The number of rotatable bonds is 2. The SMILES string of the molecule is Cc1nn(C)c(C(=O)N(C)c2ccccc2C#N)c1N. The van der Waals surface area contributed by atoms with E-state index in [4.69, 9.17) is 11.0 Å². The zero-order valence-corrected chi connectivity index (χ0v) is 11.6. The van der Waals surface area contributed by atoms with E-state index in [1.807, 2.05) is 0 Å². The van der Waals surface area contributed by atoms with E-state index < -0.39 is 0 Å². The topological polar surface area (TPSA) is 87.9 Å². The van der Waals surface area contributed by atoms with Crippen LogP contribution in [0.25, 0.3) is 0 Å². The molecule has 6 nitrogen and oxygen atoms in total. The Hall–Kier alpha value is -2.81. The number of aryl methyl sites for hydroxylation is 2. The van der Waals surface area contributed by atoms with E-state index in [2.05, 4.69) is 11.2 Å². The minimum atomic E-state index is -0.298. The Labute approximate surface area is 117 Å². The van der Waals surface area contributed by atoms with Gasteiger partial charge in [0.25, 0.3) is 5.91 Å². The molecule has 0 unspecified atom stereocenters. The number of nitrogen functional groups attached to an aromatic ring is 1. The van der Waals surface area contributed by atoms with E-state index in [1.54, 1.807) is 45.3 Å². The number of amides is 1. The number of hydrogen-bond acceptors (Lipinski definition) is 4. The van der Waals surface area contributed by atoms with Crippen LogP contribution in [-0.4, -0.2) is 22.7 Å². The molecule has 0 aliphatic rings. The van der Waals surface area contributed by atoms with E-state index in [9.17, 15) is 4.79 Å². The fourth-order valence-corrected chi connectivity index (χ4v) is 2.06. The second kappa shape index (κ2) is 5.05. The van der Waals surface area contributed by atoms with Gasteiger partial charge in [-0.05, 0) is 19.1 Å². The van der Waals surface area contributed by atoms with Crippen LogP contribution in [0.5, 0.6) is 0 Å². The molecule has 2 rings (SSSR count). The van der Waals surface area contributed by atoms with Crippen LogP contribution in [0.15, 0.2) is 24.3 Å². The number of para-hydroxylation sites is 1. The Bertz CT molecular complexity index is 711. The van der Waals surface area contributed by atoms with Crippen molar-refractivity contribution in [3.8, 4) is 6.07 Å². The van der Waals surface area contributed by atoms with Gasteiger partial charge in [-0.25, -0.2) is 0 Å². The number of carbonyl (C=O) groups excluding carboxylic acids is 1. The zero-order valence-electron chi connectivity index (χ0n) is 11.6. The van der Waals surface area contributed by atoms with Gasteiger partial charge in [-0.3, -0.25) is 9.48 Å². The molecule has 0 aliphatic carbocycles. The molecule has 1 amide bonds. The maximum absolute atomic E-state index is 12.5. The molecule has 0 saturated heterocycles. The molecule has 0 aliphatic heterocycles. The molecule has 20 heavy (non-hydrogen) atoms. The number of aromatic nitrogens is 2. The lowest BCUT2D eigenvalue weighted by Crippen LogP contribution is -2.29. The summed E-state index contributed by atoms with van der Waals surface area (Å²) in [4.78, 5) is 14.0. The highest BCUT2D eigenvalue weighted by Crippen LogP contribution is 2.23. The van der Waals surface area contributed by atoms with Gasteiger partial charge in [0.15, 0.2) is 0 Å². The summed E-state index contributed by atoms with van der Waals surface area (Å²) in [6.07, 6.45) is 0. The van der Waals surface area contributed by atoms with E-state index in [0.717, 1.165) is 0 Å². The summed E-state index contributed by atoms with van der Waals surface area (Å²) in [6.45, 7) is 1.75. The van der Waals surface area contributed by atoms with Crippen LogP contribution in [0, 0.1) is 18.3 Å². The van der Waals surface area contributed by atoms with Crippen molar-refractivity contribution in [1.82, 2.24) is 9.78 Å². The third kappa shape index (κ3) is 2.10. The Balaban J connectivity index is 2.46. The summed E-state index contributed by atoms with van der Waals surface area (Å²) in [6, 6.07) is 8.98. The van der Waals surface area contributed by atoms with Crippen LogP contribution >= 0.6 is 0 Å². The molecular formula is C14H15N5O. The van der Waals surface area contributed by atoms with Crippen molar-refractivity contribution in [2.75, 3.05) is 17.7 Å². The van der Waals surface area contributed by atoms with Gasteiger partial charge in [-0.15, -0.1) is 0 Å². The van der Waals surface area contributed by atoms with Gasteiger partial charge in [0.05, 0.1) is 22.6 Å². The van der Waals surface area contributed by atoms with Crippen molar-refractivity contribution in [2.24, 2.45) is 7.05 Å². The van der Waals surface area contributed by atoms with Crippen LogP contribution < -0.4 is 10.6 Å². The predicted molar refractivity (Wildman–Crippen MR) is 76.2 cm³/mol. The lowest BCUT2D eigenvalue weighted by atomic mass is 10.1. The van der Waals surface area contributed by atoms with Crippen molar-refractivity contribution in [3.05, 3.63) is 41.2 Å². The average Bonchev–Trinajstić information content (AvgIpc) is 2.70. The minimum absolute atomic E-state index is 0.298. The highest BCUT2D eigenvalue weighted by Gasteiger charge is 2.23. The van der Waals surface area contributed by atoms with Crippen LogP contribution in [0.2, 0.25) is 0 Å². The van der Waals surface area contributed by atoms with Crippen molar-refractivity contribution in [2.45, 2.75) is 6.92 Å². The fraction of sp³-hybridized carbons (Fsp3) is 0.214. The molecule has 2 N–H and O–H groups in total. The second-order valence-corrected chi connectivity index (χ2v) is 4.46. The van der Waals surface area contributed by atoms with Crippen molar-refractivity contribution in [1.29, 1.82) is 5.26 Å². The highest BCUT2D eigenvalue weighted by atomic mass is 16.2. The number of nitrogens with zero attached hydrogens (tertiary/aromatic N) is 4. The monoisotopic (exact) mass is 269 g/mol. The molecule has 0 fully saturated rings. The quantitative estimate of drug-likeness (QED) is 0.894. The van der Waals surface area contributed by atoms with Crippen molar-refractivity contribution >= 4 is 17.3 Å². The summed E-state index contributed by atoms with van der Waals surface area (Å²) < 4.78 is 1.46. The van der Waals surface area contributed by atoms with Gasteiger partial charge in [0, 0.05) is 14.1 Å². The number of benzene rings is 1.